The van der Waals surface area contributed by atoms with Crippen molar-refractivity contribution >= 4 is 33.5 Å². The maximum absolute atomic E-state index is 11.2. The van der Waals surface area contributed by atoms with Crippen molar-refractivity contribution < 1.29 is 14.3 Å². The van der Waals surface area contributed by atoms with Gasteiger partial charge in [-0.05, 0) is 18.2 Å². The summed E-state index contributed by atoms with van der Waals surface area (Å²) in [7, 11) is 1.31. The Balaban J connectivity index is 2.83. The fraction of sp³-hybridized carbons (Fsp3) is 0.200. The van der Waals surface area contributed by atoms with Gasteiger partial charge in [0.15, 0.2) is 0 Å². The summed E-state index contributed by atoms with van der Waals surface area (Å²) in [6, 6.07) is 6.56. The van der Waals surface area contributed by atoms with Crippen molar-refractivity contribution in [3.8, 4) is 0 Å². The zero-order chi connectivity index (χ0) is 11.3. The molecule has 0 atom stereocenters. The van der Waals surface area contributed by atoms with Gasteiger partial charge in [0.2, 0.25) is 5.91 Å². The average molecular weight is 272 g/mol. The smallest absolute Gasteiger partial charge is 0.337 e. The molecule has 0 spiro atoms. The second-order valence-corrected chi connectivity index (χ2v) is 3.31. The number of anilines is 1. The molecule has 0 aliphatic rings. The molecule has 0 saturated heterocycles. The number of esters is 1. The molecule has 0 aromatic heterocycles. The van der Waals surface area contributed by atoms with Crippen molar-refractivity contribution in [2.75, 3.05) is 17.8 Å². The van der Waals surface area contributed by atoms with Crippen molar-refractivity contribution in [2.24, 2.45) is 0 Å². The summed E-state index contributed by atoms with van der Waals surface area (Å²) in [6.07, 6.45) is 0. The van der Waals surface area contributed by atoms with Gasteiger partial charge in [-0.25, -0.2) is 4.79 Å². The van der Waals surface area contributed by atoms with Crippen LogP contribution in [0.5, 0.6) is 0 Å². The Morgan fingerprint density at radius 1 is 1.47 bits per heavy atom. The van der Waals surface area contributed by atoms with Gasteiger partial charge in [0.1, 0.15) is 0 Å². The Bertz CT molecular complexity index is 379. The number of ether oxygens (including phenoxy) is 1. The van der Waals surface area contributed by atoms with E-state index in [4.69, 9.17) is 0 Å². The van der Waals surface area contributed by atoms with E-state index in [-0.39, 0.29) is 11.2 Å². The van der Waals surface area contributed by atoms with Gasteiger partial charge in [-0.15, -0.1) is 0 Å². The highest BCUT2D eigenvalue weighted by Gasteiger charge is 2.06. The molecule has 0 fully saturated rings. The van der Waals surface area contributed by atoms with Gasteiger partial charge in [0, 0.05) is 5.69 Å². The van der Waals surface area contributed by atoms with Crippen LogP contribution in [0.4, 0.5) is 5.69 Å². The van der Waals surface area contributed by atoms with E-state index in [1.165, 1.54) is 7.11 Å². The number of methoxy groups -OCH3 is 1. The van der Waals surface area contributed by atoms with Gasteiger partial charge in [-0.3, -0.25) is 4.79 Å². The Morgan fingerprint density at radius 2 is 2.20 bits per heavy atom. The van der Waals surface area contributed by atoms with Crippen molar-refractivity contribution in [3.05, 3.63) is 29.8 Å². The van der Waals surface area contributed by atoms with Gasteiger partial charge in [0.05, 0.1) is 18.0 Å². The van der Waals surface area contributed by atoms with Crippen LogP contribution in [0.3, 0.4) is 0 Å². The molecule has 80 valence electrons. The Hall–Kier alpha value is -1.36. The largest absolute Gasteiger partial charge is 0.465 e. The molecule has 0 aliphatic carbocycles. The van der Waals surface area contributed by atoms with Crippen LogP contribution >= 0.6 is 15.9 Å². The first kappa shape index (κ1) is 11.7. The van der Waals surface area contributed by atoms with E-state index in [1.54, 1.807) is 24.3 Å². The first-order valence-corrected chi connectivity index (χ1v) is 5.33. The molecule has 1 amide bonds. The number of hydrogen-bond donors (Lipinski definition) is 1. The van der Waals surface area contributed by atoms with Crippen LogP contribution < -0.4 is 5.32 Å². The Kier molecular flexibility index (Phi) is 4.30. The molecule has 0 unspecified atom stereocenters. The fourth-order valence-corrected chi connectivity index (χ4v) is 1.18. The van der Waals surface area contributed by atoms with E-state index in [0.717, 1.165) is 0 Å². The summed E-state index contributed by atoms with van der Waals surface area (Å²) in [4.78, 5) is 22.2. The number of nitrogens with one attached hydrogen (secondary N) is 1. The molecule has 15 heavy (non-hydrogen) atoms. The maximum Gasteiger partial charge on any atom is 0.337 e. The summed E-state index contributed by atoms with van der Waals surface area (Å²) >= 11 is 3.03. The van der Waals surface area contributed by atoms with E-state index in [2.05, 4.69) is 26.0 Å². The molecule has 0 heterocycles. The van der Waals surface area contributed by atoms with Crippen LogP contribution in [0, 0.1) is 0 Å². The number of halogens is 1. The number of hydrogen-bond acceptors (Lipinski definition) is 3. The van der Waals surface area contributed by atoms with Crippen LogP contribution in [0.25, 0.3) is 0 Å². The van der Waals surface area contributed by atoms with E-state index < -0.39 is 5.97 Å². The van der Waals surface area contributed by atoms with Gasteiger partial charge < -0.3 is 10.1 Å². The van der Waals surface area contributed by atoms with Crippen molar-refractivity contribution in [1.29, 1.82) is 0 Å². The number of benzene rings is 1. The fourth-order valence-electron chi connectivity index (χ4n) is 1.04. The van der Waals surface area contributed by atoms with Crippen molar-refractivity contribution in [2.45, 2.75) is 0 Å². The van der Waals surface area contributed by atoms with Gasteiger partial charge in [-0.2, -0.15) is 0 Å². The SMILES string of the molecule is COC(=O)c1cccc(NC(=O)CBr)c1. The van der Waals surface area contributed by atoms with Crippen LogP contribution in [-0.2, 0) is 9.53 Å². The number of carbonyl (C=O) groups is 2. The molecule has 1 aromatic rings. The van der Waals surface area contributed by atoms with E-state index in [9.17, 15) is 9.59 Å². The predicted octanol–water partition coefficient (Wildman–Crippen LogP) is 1.81. The lowest BCUT2D eigenvalue weighted by molar-refractivity contribution is -0.113. The van der Waals surface area contributed by atoms with Gasteiger partial charge >= 0.3 is 5.97 Å². The first-order chi connectivity index (χ1) is 7.17. The third-order valence-corrected chi connectivity index (χ3v) is 2.20. The number of amides is 1. The molecule has 1 rings (SSSR count). The average Bonchev–Trinajstić information content (AvgIpc) is 2.28. The minimum Gasteiger partial charge on any atom is -0.465 e. The molecule has 1 aromatic carbocycles. The lowest BCUT2D eigenvalue weighted by Crippen LogP contribution is -2.12. The monoisotopic (exact) mass is 271 g/mol. The Morgan fingerprint density at radius 3 is 2.80 bits per heavy atom. The molecular formula is C10H10BrNO3. The quantitative estimate of drug-likeness (QED) is 0.674. The normalized spacial score (nSPS) is 9.47. The summed E-state index contributed by atoms with van der Waals surface area (Å²) in [5.41, 5.74) is 0.979. The lowest BCUT2D eigenvalue weighted by atomic mass is 10.2. The third-order valence-electron chi connectivity index (χ3n) is 1.69. The highest BCUT2D eigenvalue weighted by atomic mass is 79.9. The van der Waals surface area contributed by atoms with Crippen LogP contribution in [0.15, 0.2) is 24.3 Å². The first-order valence-electron chi connectivity index (χ1n) is 4.21. The second-order valence-electron chi connectivity index (χ2n) is 2.75. The minimum absolute atomic E-state index is 0.169. The number of carbonyl (C=O) groups excluding carboxylic acids is 2. The van der Waals surface area contributed by atoms with E-state index in [1.807, 2.05) is 0 Å². The molecule has 0 aliphatic heterocycles. The molecule has 0 saturated carbocycles. The molecule has 1 N–H and O–H groups in total. The second kappa shape index (κ2) is 5.50. The molecule has 0 radical (unpaired) electrons. The highest BCUT2D eigenvalue weighted by Crippen LogP contribution is 2.11. The zero-order valence-electron chi connectivity index (χ0n) is 8.12. The van der Waals surface area contributed by atoms with Crippen molar-refractivity contribution in [3.63, 3.8) is 0 Å². The summed E-state index contributed by atoms with van der Waals surface area (Å²) in [5.74, 6) is -0.595. The number of rotatable bonds is 3. The van der Waals surface area contributed by atoms with Crippen LogP contribution in [-0.4, -0.2) is 24.3 Å². The summed E-state index contributed by atoms with van der Waals surface area (Å²) in [6.45, 7) is 0. The van der Waals surface area contributed by atoms with E-state index in [0.29, 0.717) is 11.3 Å². The number of alkyl halides is 1. The van der Waals surface area contributed by atoms with Crippen molar-refractivity contribution in [1.82, 2.24) is 0 Å². The standard InChI is InChI=1S/C10H10BrNO3/c1-15-10(14)7-3-2-4-8(5-7)12-9(13)6-11/h2-5H,6H2,1H3,(H,12,13). The summed E-state index contributed by atoms with van der Waals surface area (Å²) in [5, 5.41) is 2.84. The molecule has 5 heteroatoms. The summed E-state index contributed by atoms with van der Waals surface area (Å²) < 4.78 is 4.56. The molecule has 0 bridgehead atoms. The van der Waals surface area contributed by atoms with Crippen LogP contribution in [0.2, 0.25) is 0 Å². The maximum atomic E-state index is 11.2. The topological polar surface area (TPSA) is 55.4 Å². The molecular weight excluding hydrogens is 262 g/mol. The third kappa shape index (κ3) is 3.36. The van der Waals surface area contributed by atoms with Crippen LogP contribution in [0.1, 0.15) is 10.4 Å². The van der Waals surface area contributed by atoms with E-state index >= 15 is 0 Å². The predicted molar refractivity (Wildman–Crippen MR) is 60.2 cm³/mol. The Labute approximate surface area is 95.7 Å². The zero-order valence-corrected chi connectivity index (χ0v) is 9.71. The highest BCUT2D eigenvalue weighted by molar-refractivity contribution is 9.09. The van der Waals surface area contributed by atoms with Gasteiger partial charge in [-0.1, -0.05) is 22.0 Å². The minimum atomic E-state index is -0.426. The lowest BCUT2D eigenvalue weighted by Gasteiger charge is -2.04. The molecule has 4 nitrogen and oxygen atoms in total. The van der Waals surface area contributed by atoms with Gasteiger partial charge in [0.25, 0.3) is 0 Å².